The maximum absolute atomic E-state index is 12.5. The quantitative estimate of drug-likeness (QED) is 0.0870. The molecule has 14 nitrogen and oxygen atoms in total. The predicted molar refractivity (Wildman–Crippen MR) is 134 cm³/mol. The Morgan fingerprint density at radius 2 is 1.59 bits per heavy atom. The standard InChI is InChI=1S/C24H26N2O12.ClH/c1-15(25)22(28)38-21-13-17(9-10-20(21)33-11-5-6-12-36-26(31)32)23(29)34-14-35-24(30)18-7-3-4-8-19(18)37-16(2)27;/h3-4,7-10,13,15H,5-6,11-12,14,25H2,1-2H3;1H/t15-;/m0./s1. The fourth-order valence-corrected chi connectivity index (χ4v) is 2.74. The number of carbonyl (C=O) groups excluding carboxylic acids is 4. The van der Waals surface area contributed by atoms with Crippen LogP contribution in [0.25, 0.3) is 0 Å². The third-order valence-corrected chi connectivity index (χ3v) is 4.50. The summed E-state index contributed by atoms with van der Waals surface area (Å²) in [5.74, 6) is -3.25. The number of benzene rings is 2. The molecule has 1 atom stereocenters. The van der Waals surface area contributed by atoms with Crippen LogP contribution in [0.4, 0.5) is 0 Å². The van der Waals surface area contributed by atoms with Crippen LogP contribution in [0, 0.1) is 10.1 Å². The van der Waals surface area contributed by atoms with Gasteiger partial charge in [-0.2, -0.15) is 0 Å². The zero-order valence-electron chi connectivity index (χ0n) is 21.0. The Labute approximate surface area is 228 Å². The van der Waals surface area contributed by atoms with Gasteiger partial charge in [-0.3, -0.25) is 4.79 Å². The first-order chi connectivity index (χ1) is 18.1. The summed E-state index contributed by atoms with van der Waals surface area (Å²) in [6, 6.07) is 8.77. The smallest absolute Gasteiger partial charge is 0.344 e. The summed E-state index contributed by atoms with van der Waals surface area (Å²) < 4.78 is 25.6. The highest BCUT2D eigenvalue weighted by molar-refractivity contribution is 5.94. The largest absolute Gasteiger partial charge is 0.490 e. The van der Waals surface area contributed by atoms with Gasteiger partial charge in [-0.1, -0.05) is 12.1 Å². The molecule has 0 amide bonds. The highest BCUT2D eigenvalue weighted by Crippen LogP contribution is 2.29. The van der Waals surface area contributed by atoms with Gasteiger partial charge in [0.05, 0.1) is 18.8 Å². The molecule has 212 valence electrons. The van der Waals surface area contributed by atoms with E-state index in [-0.39, 0.29) is 54.0 Å². The van der Waals surface area contributed by atoms with Crippen molar-refractivity contribution in [1.29, 1.82) is 0 Å². The minimum atomic E-state index is -0.966. The molecule has 0 aliphatic heterocycles. The lowest BCUT2D eigenvalue weighted by Gasteiger charge is -2.14. The Balaban J connectivity index is 0.00000760. The fourth-order valence-electron chi connectivity index (χ4n) is 2.74. The molecule has 15 heteroatoms. The van der Waals surface area contributed by atoms with Crippen molar-refractivity contribution in [2.75, 3.05) is 20.0 Å². The van der Waals surface area contributed by atoms with E-state index in [2.05, 4.69) is 4.84 Å². The molecule has 0 radical (unpaired) electrons. The number of esters is 4. The van der Waals surface area contributed by atoms with Crippen LogP contribution in [-0.2, 0) is 23.9 Å². The van der Waals surface area contributed by atoms with Gasteiger partial charge in [-0.15, -0.1) is 22.5 Å². The van der Waals surface area contributed by atoms with Crippen molar-refractivity contribution >= 4 is 36.3 Å². The number of nitrogens with two attached hydrogens (primary N) is 1. The highest BCUT2D eigenvalue weighted by atomic mass is 35.5. The maximum atomic E-state index is 12.5. The Hall–Kier alpha value is -4.43. The molecule has 0 aliphatic rings. The molecule has 0 saturated carbocycles. The average Bonchev–Trinajstić information content (AvgIpc) is 2.86. The van der Waals surface area contributed by atoms with E-state index in [9.17, 15) is 29.3 Å². The SMILES string of the molecule is CC(=O)Oc1ccccc1C(=O)OCOC(=O)c1ccc(OCCCCO[N+](=O)[O-])c(OC(=O)[C@H](C)N)c1.Cl. The lowest BCUT2D eigenvalue weighted by molar-refractivity contribution is -0.757. The lowest BCUT2D eigenvalue weighted by Crippen LogP contribution is -2.31. The molecule has 2 aromatic rings. The van der Waals surface area contributed by atoms with Gasteiger partial charge in [0.15, 0.2) is 11.5 Å². The van der Waals surface area contributed by atoms with Crippen LogP contribution in [-0.4, -0.2) is 55.0 Å². The summed E-state index contributed by atoms with van der Waals surface area (Å²) in [6.45, 7) is 1.83. The number of nitrogens with zero attached hydrogens (tertiary/aromatic N) is 1. The van der Waals surface area contributed by atoms with Crippen molar-refractivity contribution in [3.63, 3.8) is 0 Å². The molecule has 0 aliphatic carbocycles. The normalized spacial score (nSPS) is 10.7. The van der Waals surface area contributed by atoms with E-state index >= 15 is 0 Å². The first kappa shape index (κ1) is 32.6. The minimum Gasteiger partial charge on any atom is -0.490 e. The molecule has 2 rings (SSSR count). The number of rotatable bonds is 14. The van der Waals surface area contributed by atoms with Crippen molar-refractivity contribution < 1.29 is 52.8 Å². The summed E-state index contributed by atoms with van der Waals surface area (Å²) >= 11 is 0. The number of carbonyl (C=O) groups is 4. The molecule has 2 N–H and O–H groups in total. The number of unbranched alkanes of at least 4 members (excludes halogenated alkanes) is 1. The number of para-hydroxylation sites is 1. The van der Waals surface area contributed by atoms with E-state index in [0.29, 0.717) is 12.8 Å². The number of halogens is 1. The summed E-state index contributed by atoms with van der Waals surface area (Å²) in [5, 5.41) is 9.27. The van der Waals surface area contributed by atoms with E-state index in [4.69, 9.17) is 29.4 Å². The Morgan fingerprint density at radius 1 is 0.923 bits per heavy atom. The fraction of sp³-hybridized carbons (Fsp3) is 0.333. The van der Waals surface area contributed by atoms with Crippen LogP contribution < -0.4 is 19.9 Å². The monoisotopic (exact) mass is 570 g/mol. The van der Waals surface area contributed by atoms with Gasteiger partial charge in [-0.25, -0.2) is 14.4 Å². The minimum absolute atomic E-state index is 0. The molecule has 0 heterocycles. The van der Waals surface area contributed by atoms with Crippen molar-refractivity contribution in [2.45, 2.75) is 32.7 Å². The van der Waals surface area contributed by atoms with Crippen molar-refractivity contribution in [3.05, 3.63) is 63.7 Å². The van der Waals surface area contributed by atoms with Crippen LogP contribution in [0.15, 0.2) is 42.5 Å². The van der Waals surface area contributed by atoms with Crippen LogP contribution in [0.2, 0.25) is 0 Å². The molecule has 0 aromatic heterocycles. The van der Waals surface area contributed by atoms with E-state index in [1.807, 2.05) is 0 Å². The van der Waals surface area contributed by atoms with Gasteiger partial charge in [0.25, 0.3) is 5.09 Å². The van der Waals surface area contributed by atoms with E-state index in [1.54, 1.807) is 6.07 Å². The molecule has 39 heavy (non-hydrogen) atoms. The maximum Gasteiger partial charge on any atom is 0.344 e. The summed E-state index contributed by atoms with van der Waals surface area (Å²) in [7, 11) is 0. The van der Waals surface area contributed by atoms with E-state index in [1.165, 1.54) is 50.2 Å². The Morgan fingerprint density at radius 3 is 2.26 bits per heavy atom. The average molecular weight is 571 g/mol. The third kappa shape index (κ3) is 11.2. The first-order valence-corrected chi connectivity index (χ1v) is 11.2. The Bertz CT molecular complexity index is 1170. The zero-order chi connectivity index (χ0) is 28.1. The second-order valence-electron chi connectivity index (χ2n) is 7.55. The van der Waals surface area contributed by atoms with Gasteiger partial charge < -0.3 is 34.3 Å². The first-order valence-electron chi connectivity index (χ1n) is 11.2. The van der Waals surface area contributed by atoms with Crippen LogP contribution in [0.5, 0.6) is 17.2 Å². The summed E-state index contributed by atoms with van der Waals surface area (Å²) in [6.07, 6.45) is 0.731. The molecule has 0 unspecified atom stereocenters. The number of ether oxygens (including phenoxy) is 5. The van der Waals surface area contributed by atoms with Gasteiger partial charge in [0.2, 0.25) is 6.79 Å². The number of hydrogen-bond acceptors (Lipinski definition) is 13. The third-order valence-electron chi connectivity index (χ3n) is 4.50. The van der Waals surface area contributed by atoms with Crippen LogP contribution in [0.3, 0.4) is 0 Å². The molecule has 0 spiro atoms. The topological polar surface area (TPSA) is 193 Å². The molecule has 0 fully saturated rings. The van der Waals surface area contributed by atoms with Crippen LogP contribution in [0.1, 0.15) is 47.4 Å². The predicted octanol–water partition coefficient (Wildman–Crippen LogP) is 2.62. The van der Waals surface area contributed by atoms with Gasteiger partial charge >= 0.3 is 23.9 Å². The Kier molecular flexibility index (Phi) is 13.7. The molecular formula is C24H27ClN2O12. The lowest BCUT2D eigenvalue weighted by atomic mass is 10.2. The van der Waals surface area contributed by atoms with Gasteiger partial charge in [0.1, 0.15) is 17.4 Å². The summed E-state index contributed by atoms with van der Waals surface area (Å²) in [5.41, 5.74) is 5.44. The van der Waals surface area contributed by atoms with E-state index < -0.39 is 41.8 Å². The van der Waals surface area contributed by atoms with Crippen molar-refractivity contribution in [2.24, 2.45) is 5.73 Å². The molecular weight excluding hydrogens is 544 g/mol. The summed E-state index contributed by atoms with van der Waals surface area (Å²) in [4.78, 5) is 62.4. The van der Waals surface area contributed by atoms with Gasteiger partial charge in [-0.05, 0) is 50.1 Å². The molecule has 0 saturated heterocycles. The molecule has 2 aromatic carbocycles. The molecule has 0 bridgehead atoms. The second-order valence-corrected chi connectivity index (χ2v) is 7.55. The van der Waals surface area contributed by atoms with Crippen molar-refractivity contribution in [3.8, 4) is 17.2 Å². The zero-order valence-corrected chi connectivity index (χ0v) is 21.8. The highest BCUT2D eigenvalue weighted by Gasteiger charge is 2.19. The van der Waals surface area contributed by atoms with Gasteiger partial charge in [0, 0.05) is 6.92 Å². The second kappa shape index (κ2) is 16.4. The van der Waals surface area contributed by atoms with E-state index in [0.717, 1.165) is 0 Å². The van der Waals surface area contributed by atoms with Crippen LogP contribution >= 0.6 is 12.4 Å². The van der Waals surface area contributed by atoms with Crippen molar-refractivity contribution in [1.82, 2.24) is 0 Å². The number of hydrogen-bond donors (Lipinski definition) is 1.